The maximum atomic E-state index is 6.05. The smallest absolute Gasteiger partial charge is 0.119 e. The number of rotatable bonds is 8. The monoisotopic (exact) mass is 305 g/mol. The predicted octanol–water partition coefficient (Wildman–Crippen LogP) is 3.44. The molecule has 0 radical (unpaired) electrons. The van der Waals surface area contributed by atoms with Crippen molar-refractivity contribution in [1.82, 2.24) is 0 Å². The molecule has 0 aliphatic carbocycles. The summed E-state index contributed by atoms with van der Waals surface area (Å²) in [6, 6.07) is 15.7. The average Bonchev–Trinajstić information content (AvgIpc) is 2.51. The Morgan fingerprint density at radius 3 is 2.43 bits per heavy atom. The van der Waals surface area contributed by atoms with Gasteiger partial charge in [-0.15, -0.1) is 0 Å². The molecule has 4 heteroatoms. The first-order valence-corrected chi connectivity index (χ1v) is 7.40. The SMILES string of the molecule is NCCc1ccc(OCCOCc2ccccc2Cl)cc1. The van der Waals surface area contributed by atoms with Crippen molar-refractivity contribution in [3.05, 3.63) is 64.7 Å². The van der Waals surface area contributed by atoms with Gasteiger partial charge >= 0.3 is 0 Å². The topological polar surface area (TPSA) is 44.5 Å². The number of benzene rings is 2. The van der Waals surface area contributed by atoms with Crippen molar-refractivity contribution >= 4 is 11.6 Å². The summed E-state index contributed by atoms with van der Waals surface area (Å²) in [7, 11) is 0. The molecule has 0 amide bonds. The molecule has 0 spiro atoms. The van der Waals surface area contributed by atoms with Crippen molar-refractivity contribution in [3.8, 4) is 5.75 Å². The van der Waals surface area contributed by atoms with Gasteiger partial charge < -0.3 is 15.2 Å². The maximum Gasteiger partial charge on any atom is 0.119 e. The van der Waals surface area contributed by atoms with Crippen LogP contribution in [0.4, 0.5) is 0 Å². The van der Waals surface area contributed by atoms with Crippen molar-refractivity contribution in [2.45, 2.75) is 13.0 Å². The largest absolute Gasteiger partial charge is 0.491 e. The highest BCUT2D eigenvalue weighted by molar-refractivity contribution is 6.31. The lowest BCUT2D eigenvalue weighted by atomic mass is 10.1. The summed E-state index contributed by atoms with van der Waals surface area (Å²) in [5.74, 6) is 0.845. The first-order chi connectivity index (χ1) is 10.3. The molecule has 0 saturated heterocycles. The molecule has 0 fully saturated rings. The molecule has 0 unspecified atom stereocenters. The molecule has 2 rings (SSSR count). The fourth-order valence-electron chi connectivity index (χ4n) is 1.94. The van der Waals surface area contributed by atoms with Crippen LogP contribution < -0.4 is 10.5 Å². The van der Waals surface area contributed by atoms with E-state index in [2.05, 4.69) is 0 Å². The molecular formula is C17H20ClNO2. The van der Waals surface area contributed by atoms with Crippen LogP contribution in [0.15, 0.2) is 48.5 Å². The summed E-state index contributed by atoms with van der Waals surface area (Å²) in [5, 5.41) is 0.730. The van der Waals surface area contributed by atoms with E-state index in [1.165, 1.54) is 5.56 Å². The quantitative estimate of drug-likeness (QED) is 0.760. The van der Waals surface area contributed by atoms with Crippen LogP contribution in [-0.4, -0.2) is 19.8 Å². The maximum absolute atomic E-state index is 6.05. The van der Waals surface area contributed by atoms with E-state index >= 15 is 0 Å². The van der Waals surface area contributed by atoms with E-state index in [1.807, 2.05) is 48.5 Å². The summed E-state index contributed by atoms with van der Waals surface area (Å²) < 4.78 is 11.2. The third-order valence-electron chi connectivity index (χ3n) is 3.07. The van der Waals surface area contributed by atoms with Crippen LogP contribution in [0.2, 0.25) is 5.02 Å². The van der Waals surface area contributed by atoms with Gasteiger partial charge in [-0.05, 0) is 42.3 Å². The minimum atomic E-state index is 0.498. The molecule has 0 aliphatic heterocycles. The molecular weight excluding hydrogens is 286 g/mol. The van der Waals surface area contributed by atoms with Gasteiger partial charge in [-0.2, -0.15) is 0 Å². The van der Waals surface area contributed by atoms with Crippen LogP contribution in [0, 0.1) is 0 Å². The predicted molar refractivity (Wildman–Crippen MR) is 85.8 cm³/mol. The molecule has 21 heavy (non-hydrogen) atoms. The van der Waals surface area contributed by atoms with Gasteiger partial charge in [0.25, 0.3) is 0 Å². The van der Waals surface area contributed by atoms with E-state index in [1.54, 1.807) is 0 Å². The Morgan fingerprint density at radius 2 is 1.71 bits per heavy atom. The van der Waals surface area contributed by atoms with Crippen molar-refractivity contribution in [2.75, 3.05) is 19.8 Å². The van der Waals surface area contributed by atoms with Gasteiger partial charge in [0.1, 0.15) is 12.4 Å². The number of nitrogens with two attached hydrogens (primary N) is 1. The second kappa shape index (κ2) is 8.67. The second-order valence-electron chi connectivity index (χ2n) is 4.68. The minimum absolute atomic E-state index is 0.498. The number of hydrogen-bond acceptors (Lipinski definition) is 3. The lowest BCUT2D eigenvalue weighted by molar-refractivity contribution is 0.0889. The fourth-order valence-corrected chi connectivity index (χ4v) is 2.13. The summed E-state index contributed by atoms with van der Waals surface area (Å²) in [6.45, 7) is 2.20. The lowest BCUT2D eigenvalue weighted by Gasteiger charge is -2.08. The normalized spacial score (nSPS) is 10.6. The van der Waals surface area contributed by atoms with E-state index in [-0.39, 0.29) is 0 Å². The summed E-state index contributed by atoms with van der Waals surface area (Å²) in [5.41, 5.74) is 7.73. The Kier molecular flexibility index (Phi) is 6.54. The van der Waals surface area contributed by atoms with Crippen LogP contribution in [0.3, 0.4) is 0 Å². The molecule has 0 heterocycles. The highest BCUT2D eigenvalue weighted by Gasteiger charge is 1.99. The van der Waals surface area contributed by atoms with Gasteiger partial charge in [-0.1, -0.05) is 41.9 Å². The summed E-state index contributed by atoms with van der Waals surface area (Å²) >= 11 is 6.05. The van der Waals surface area contributed by atoms with Crippen molar-refractivity contribution < 1.29 is 9.47 Å². The molecule has 0 saturated carbocycles. The molecule has 0 aromatic heterocycles. The molecule has 0 aliphatic rings. The Bertz CT molecular complexity index is 543. The van der Waals surface area contributed by atoms with Crippen LogP contribution >= 0.6 is 11.6 Å². The van der Waals surface area contributed by atoms with Gasteiger partial charge in [-0.25, -0.2) is 0 Å². The standard InChI is InChI=1S/C17H20ClNO2/c18-17-4-2-1-3-15(17)13-20-11-12-21-16-7-5-14(6-8-16)9-10-19/h1-8H,9-13,19H2. The number of halogens is 1. The highest BCUT2D eigenvalue weighted by Crippen LogP contribution is 2.16. The first-order valence-electron chi connectivity index (χ1n) is 7.02. The molecule has 112 valence electrons. The van der Waals surface area contributed by atoms with E-state index in [0.717, 1.165) is 22.8 Å². The highest BCUT2D eigenvalue weighted by atomic mass is 35.5. The fraction of sp³-hybridized carbons (Fsp3) is 0.294. The van der Waals surface area contributed by atoms with E-state index in [0.29, 0.717) is 26.4 Å². The van der Waals surface area contributed by atoms with Crippen LogP contribution in [0.25, 0.3) is 0 Å². The van der Waals surface area contributed by atoms with Crippen molar-refractivity contribution in [1.29, 1.82) is 0 Å². The lowest BCUT2D eigenvalue weighted by Crippen LogP contribution is -2.07. The molecule has 2 aromatic rings. The zero-order chi connectivity index (χ0) is 14.9. The third kappa shape index (κ3) is 5.38. The Labute approximate surface area is 130 Å². The third-order valence-corrected chi connectivity index (χ3v) is 3.44. The summed E-state index contributed by atoms with van der Waals surface area (Å²) in [6.07, 6.45) is 0.890. The average molecular weight is 306 g/mol. The summed E-state index contributed by atoms with van der Waals surface area (Å²) in [4.78, 5) is 0. The zero-order valence-corrected chi connectivity index (χ0v) is 12.7. The van der Waals surface area contributed by atoms with Crippen LogP contribution in [0.5, 0.6) is 5.75 Å². The van der Waals surface area contributed by atoms with Crippen molar-refractivity contribution in [2.24, 2.45) is 5.73 Å². The second-order valence-corrected chi connectivity index (χ2v) is 5.08. The molecule has 0 bridgehead atoms. The Hall–Kier alpha value is -1.55. The minimum Gasteiger partial charge on any atom is -0.491 e. The molecule has 0 atom stereocenters. The van der Waals surface area contributed by atoms with E-state index in [4.69, 9.17) is 26.8 Å². The van der Waals surface area contributed by atoms with E-state index < -0.39 is 0 Å². The Morgan fingerprint density at radius 1 is 0.952 bits per heavy atom. The van der Waals surface area contributed by atoms with Gasteiger partial charge in [-0.3, -0.25) is 0 Å². The van der Waals surface area contributed by atoms with Gasteiger partial charge in [0.2, 0.25) is 0 Å². The number of hydrogen-bond donors (Lipinski definition) is 1. The first kappa shape index (κ1) is 15.8. The van der Waals surface area contributed by atoms with Crippen LogP contribution in [-0.2, 0) is 17.8 Å². The molecule has 3 nitrogen and oxygen atoms in total. The Balaban J connectivity index is 1.66. The van der Waals surface area contributed by atoms with Gasteiger partial charge in [0, 0.05) is 5.02 Å². The van der Waals surface area contributed by atoms with Crippen molar-refractivity contribution in [3.63, 3.8) is 0 Å². The number of ether oxygens (including phenoxy) is 2. The zero-order valence-electron chi connectivity index (χ0n) is 11.9. The van der Waals surface area contributed by atoms with Gasteiger partial charge in [0.05, 0.1) is 13.2 Å². The van der Waals surface area contributed by atoms with Gasteiger partial charge in [0.15, 0.2) is 0 Å². The molecule has 2 N–H and O–H groups in total. The van der Waals surface area contributed by atoms with E-state index in [9.17, 15) is 0 Å². The van der Waals surface area contributed by atoms with Crippen LogP contribution in [0.1, 0.15) is 11.1 Å². The molecule has 2 aromatic carbocycles.